The summed E-state index contributed by atoms with van der Waals surface area (Å²) in [6.45, 7) is 4.25. The highest BCUT2D eigenvalue weighted by Gasteiger charge is 2.45. The Hall–Kier alpha value is -0.380. The summed E-state index contributed by atoms with van der Waals surface area (Å²) in [7, 11) is -0.838. The predicted octanol–water partition coefficient (Wildman–Crippen LogP) is 2.43. The molecule has 0 aromatic heterocycles. The van der Waals surface area contributed by atoms with E-state index in [2.05, 4.69) is 13.8 Å². The number of hydrogen-bond donors (Lipinski definition) is 1. The van der Waals surface area contributed by atoms with Crippen LogP contribution in [0.2, 0.25) is 0 Å². The summed E-state index contributed by atoms with van der Waals surface area (Å²) >= 11 is 0. The van der Waals surface area contributed by atoms with E-state index in [1.54, 1.807) is 0 Å². The van der Waals surface area contributed by atoms with Gasteiger partial charge in [0, 0.05) is 22.3 Å². The van der Waals surface area contributed by atoms with E-state index in [1.165, 1.54) is 0 Å². The molecule has 1 rings (SSSR count). The van der Waals surface area contributed by atoms with E-state index in [9.17, 15) is 9.00 Å². The summed E-state index contributed by atoms with van der Waals surface area (Å²) < 4.78 is 11.9. The number of hydrogen-bond acceptors (Lipinski definition) is 2. The number of aliphatic carboxylic acids is 1. The van der Waals surface area contributed by atoms with Crippen molar-refractivity contribution in [2.24, 2.45) is 11.3 Å². The molecule has 0 aromatic rings. The fourth-order valence-corrected chi connectivity index (χ4v) is 4.16. The second-order valence-electron chi connectivity index (χ2n) is 5.22. The van der Waals surface area contributed by atoms with Gasteiger partial charge in [-0.1, -0.05) is 26.7 Å². The van der Waals surface area contributed by atoms with Gasteiger partial charge in [-0.05, 0) is 24.2 Å². The lowest BCUT2D eigenvalue weighted by Crippen LogP contribution is -2.20. The largest absolute Gasteiger partial charge is 0.481 e. The molecule has 0 spiro atoms. The van der Waals surface area contributed by atoms with Gasteiger partial charge in [0.25, 0.3) is 0 Å². The Balaban J connectivity index is 2.31. The van der Waals surface area contributed by atoms with Gasteiger partial charge in [0.15, 0.2) is 0 Å². The Kier molecular flexibility index (Phi) is 4.96. The van der Waals surface area contributed by atoms with Crippen molar-refractivity contribution in [2.75, 3.05) is 11.5 Å². The lowest BCUT2D eigenvalue weighted by atomic mass is 10.1. The third kappa shape index (κ3) is 4.64. The summed E-state index contributed by atoms with van der Waals surface area (Å²) in [5.74, 6) is 1.06. The number of carboxylic acids is 1. The molecule has 0 heterocycles. The highest BCUT2D eigenvalue weighted by Crippen LogP contribution is 2.49. The molecule has 1 fully saturated rings. The second-order valence-corrected chi connectivity index (χ2v) is 6.72. The first-order valence-electron chi connectivity index (χ1n) is 6.04. The van der Waals surface area contributed by atoms with E-state index in [0.29, 0.717) is 11.7 Å². The maximum Gasteiger partial charge on any atom is 0.303 e. The zero-order valence-corrected chi connectivity index (χ0v) is 11.0. The van der Waals surface area contributed by atoms with Crippen molar-refractivity contribution in [1.29, 1.82) is 0 Å². The van der Waals surface area contributed by atoms with Crippen LogP contribution in [0, 0.1) is 11.3 Å². The Bertz CT molecular complexity index is 271. The van der Waals surface area contributed by atoms with Gasteiger partial charge < -0.3 is 5.11 Å². The predicted molar refractivity (Wildman–Crippen MR) is 65.9 cm³/mol. The molecule has 1 aliphatic rings. The van der Waals surface area contributed by atoms with Crippen LogP contribution in [0.4, 0.5) is 0 Å². The van der Waals surface area contributed by atoms with Crippen molar-refractivity contribution in [3.8, 4) is 0 Å². The second kappa shape index (κ2) is 5.80. The van der Waals surface area contributed by atoms with Crippen molar-refractivity contribution in [3.05, 3.63) is 0 Å². The van der Waals surface area contributed by atoms with Gasteiger partial charge in [0.1, 0.15) is 0 Å². The number of carbonyl (C=O) groups is 1. The number of rotatable bonds is 8. The van der Waals surface area contributed by atoms with E-state index in [1.807, 2.05) is 0 Å². The minimum atomic E-state index is -0.838. The van der Waals surface area contributed by atoms with Crippen molar-refractivity contribution < 1.29 is 14.1 Å². The maximum absolute atomic E-state index is 11.9. The van der Waals surface area contributed by atoms with Crippen molar-refractivity contribution in [2.45, 2.75) is 46.0 Å². The van der Waals surface area contributed by atoms with E-state index < -0.39 is 16.8 Å². The molecule has 2 atom stereocenters. The van der Waals surface area contributed by atoms with Crippen LogP contribution in [-0.4, -0.2) is 26.8 Å². The molecule has 3 nitrogen and oxygen atoms in total. The normalized spacial score (nSPS) is 21.4. The van der Waals surface area contributed by atoms with Crippen LogP contribution in [-0.2, 0) is 15.6 Å². The summed E-state index contributed by atoms with van der Waals surface area (Å²) in [4.78, 5) is 10.7. The molecule has 1 saturated carbocycles. The first-order chi connectivity index (χ1) is 7.47. The highest BCUT2D eigenvalue weighted by atomic mass is 32.2. The Morgan fingerprint density at radius 2 is 2.12 bits per heavy atom. The van der Waals surface area contributed by atoms with Gasteiger partial charge in [0.05, 0.1) is 6.42 Å². The summed E-state index contributed by atoms with van der Waals surface area (Å²) in [6.07, 6.45) is 4.30. The standard InChI is InChI=1S/C12H22O3S/c1-3-4-10(2)8-16(15)9-12(5-6-12)7-11(13)14/h10H,3-9H2,1-2H3,(H,13,14). The summed E-state index contributed by atoms with van der Waals surface area (Å²) in [6, 6.07) is 0. The molecule has 0 bridgehead atoms. The molecule has 4 heteroatoms. The molecule has 0 saturated heterocycles. The fourth-order valence-electron chi connectivity index (χ4n) is 2.16. The molecule has 1 N–H and O–H groups in total. The van der Waals surface area contributed by atoms with E-state index in [4.69, 9.17) is 5.11 Å². The van der Waals surface area contributed by atoms with Crippen LogP contribution in [0.15, 0.2) is 0 Å². The Morgan fingerprint density at radius 1 is 1.50 bits per heavy atom. The molecule has 94 valence electrons. The van der Waals surface area contributed by atoms with E-state index >= 15 is 0 Å². The fraction of sp³-hybridized carbons (Fsp3) is 0.917. The first-order valence-corrected chi connectivity index (χ1v) is 7.53. The van der Waals surface area contributed by atoms with Crippen LogP contribution in [0.5, 0.6) is 0 Å². The average molecular weight is 246 g/mol. The minimum absolute atomic E-state index is 0.122. The molecule has 0 aliphatic heterocycles. The van der Waals surface area contributed by atoms with Crippen LogP contribution in [0.3, 0.4) is 0 Å². The molecule has 0 amide bonds. The lowest BCUT2D eigenvalue weighted by molar-refractivity contribution is -0.138. The lowest BCUT2D eigenvalue weighted by Gasteiger charge is -2.14. The minimum Gasteiger partial charge on any atom is -0.481 e. The molecule has 16 heavy (non-hydrogen) atoms. The van der Waals surface area contributed by atoms with Crippen molar-refractivity contribution in [3.63, 3.8) is 0 Å². The van der Waals surface area contributed by atoms with Gasteiger partial charge in [-0.25, -0.2) is 0 Å². The third-order valence-electron chi connectivity index (χ3n) is 3.20. The van der Waals surface area contributed by atoms with Crippen LogP contribution in [0.25, 0.3) is 0 Å². The van der Waals surface area contributed by atoms with Crippen LogP contribution < -0.4 is 0 Å². The molecule has 0 radical (unpaired) electrons. The van der Waals surface area contributed by atoms with E-state index in [0.717, 1.165) is 31.4 Å². The summed E-state index contributed by atoms with van der Waals surface area (Å²) in [5, 5.41) is 8.77. The SMILES string of the molecule is CCCC(C)CS(=O)CC1(CC(=O)O)CC1. The van der Waals surface area contributed by atoms with Crippen molar-refractivity contribution in [1.82, 2.24) is 0 Å². The monoisotopic (exact) mass is 246 g/mol. The maximum atomic E-state index is 11.9. The van der Waals surface area contributed by atoms with Gasteiger partial charge in [-0.3, -0.25) is 9.00 Å². The van der Waals surface area contributed by atoms with E-state index in [-0.39, 0.29) is 11.8 Å². The van der Waals surface area contributed by atoms with Crippen LogP contribution in [0.1, 0.15) is 46.0 Å². The third-order valence-corrected chi connectivity index (χ3v) is 5.08. The molecular weight excluding hydrogens is 224 g/mol. The highest BCUT2D eigenvalue weighted by molar-refractivity contribution is 7.85. The first kappa shape index (κ1) is 13.7. The topological polar surface area (TPSA) is 54.4 Å². The zero-order chi connectivity index (χ0) is 12.2. The van der Waals surface area contributed by atoms with Gasteiger partial charge in [-0.2, -0.15) is 0 Å². The zero-order valence-electron chi connectivity index (χ0n) is 10.2. The Morgan fingerprint density at radius 3 is 2.56 bits per heavy atom. The van der Waals surface area contributed by atoms with Crippen LogP contribution >= 0.6 is 0 Å². The molecule has 1 aliphatic carbocycles. The van der Waals surface area contributed by atoms with Gasteiger partial charge >= 0.3 is 5.97 Å². The van der Waals surface area contributed by atoms with Gasteiger partial charge in [0.2, 0.25) is 0 Å². The molecular formula is C12H22O3S. The quantitative estimate of drug-likeness (QED) is 0.715. The molecule has 0 aromatic carbocycles. The smallest absolute Gasteiger partial charge is 0.303 e. The van der Waals surface area contributed by atoms with Crippen molar-refractivity contribution >= 4 is 16.8 Å². The van der Waals surface area contributed by atoms with Gasteiger partial charge in [-0.15, -0.1) is 0 Å². The Labute approximate surface area is 100 Å². The molecule has 2 unspecified atom stereocenters. The average Bonchev–Trinajstić information content (AvgIpc) is 2.82. The number of carboxylic acid groups (broad SMARTS) is 1. The summed E-state index contributed by atoms with van der Waals surface area (Å²) in [5.41, 5.74) is -0.122.